The largest absolute Gasteiger partial charge is 0.455 e. The second kappa shape index (κ2) is 11.8. The quantitative estimate of drug-likeness (QED) is 0.182. The van der Waals surface area contributed by atoms with Crippen molar-refractivity contribution >= 4 is 21.9 Å². The van der Waals surface area contributed by atoms with Crippen molar-refractivity contribution in [2.24, 2.45) is 0 Å². The van der Waals surface area contributed by atoms with Gasteiger partial charge >= 0.3 is 0 Å². The molecule has 4 nitrogen and oxygen atoms in total. The van der Waals surface area contributed by atoms with Gasteiger partial charge in [0.15, 0.2) is 17.5 Å². The predicted octanol–water partition coefficient (Wildman–Crippen LogP) is 12.8. The lowest BCUT2D eigenvalue weighted by Gasteiger charge is -2.32. The Balaban J connectivity index is 1.04. The van der Waals surface area contributed by atoms with Crippen LogP contribution in [0.2, 0.25) is 0 Å². The summed E-state index contributed by atoms with van der Waals surface area (Å²) in [5, 5.41) is 2.10. The zero-order valence-corrected chi connectivity index (χ0v) is 30.1. The minimum absolute atomic E-state index is 0.431. The van der Waals surface area contributed by atoms with E-state index >= 15 is 0 Å². The lowest BCUT2D eigenvalue weighted by atomic mass is 9.68. The lowest BCUT2D eigenvalue weighted by Crippen LogP contribution is -2.26. The maximum absolute atomic E-state index is 6.44. The summed E-state index contributed by atoms with van der Waals surface area (Å²) in [5.41, 5.74) is 16.7. The molecule has 0 amide bonds. The molecule has 56 heavy (non-hydrogen) atoms. The first kappa shape index (κ1) is 31.0. The summed E-state index contributed by atoms with van der Waals surface area (Å²) in [6, 6.07) is 66.8. The van der Waals surface area contributed by atoms with Crippen LogP contribution in [0.5, 0.6) is 0 Å². The van der Waals surface area contributed by atoms with Crippen molar-refractivity contribution in [2.75, 3.05) is 0 Å². The number of benzene rings is 8. The number of nitrogens with zero attached hydrogens (tertiary/aromatic N) is 3. The first-order chi connectivity index (χ1) is 27.8. The third-order valence-electron chi connectivity index (χ3n) is 11.8. The van der Waals surface area contributed by atoms with E-state index in [4.69, 9.17) is 19.4 Å². The van der Waals surface area contributed by atoms with Crippen LogP contribution in [0.15, 0.2) is 192 Å². The van der Waals surface area contributed by atoms with E-state index in [1.54, 1.807) is 0 Å². The second-order valence-corrected chi connectivity index (χ2v) is 14.6. The number of rotatable bonds is 4. The molecule has 0 bridgehead atoms. The first-order valence-corrected chi connectivity index (χ1v) is 19.0. The molecular formula is C52H31N3O. The summed E-state index contributed by atoms with van der Waals surface area (Å²) in [5.74, 6) is 1.79. The van der Waals surface area contributed by atoms with Crippen molar-refractivity contribution < 1.29 is 4.42 Å². The van der Waals surface area contributed by atoms with E-state index in [9.17, 15) is 0 Å². The highest BCUT2D eigenvalue weighted by Crippen LogP contribution is 2.64. The molecule has 0 N–H and O–H groups in total. The molecule has 0 unspecified atom stereocenters. The molecule has 0 saturated carbocycles. The van der Waals surface area contributed by atoms with Gasteiger partial charge in [-0.1, -0.05) is 176 Å². The predicted molar refractivity (Wildman–Crippen MR) is 225 cm³/mol. The smallest absolute Gasteiger partial charge is 0.167 e. The highest BCUT2D eigenvalue weighted by atomic mass is 16.3. The zero-order chi connectivity index (χ0) is 36.8. The van der Waals surface area contributed by atoms with Crippen LogP contribution in [-0.4, -0.2) is 15.0 Å². The molecule has 4 heteroatoms. The average molecular weight is 714 g/mol. The van der Waals surface area contributed by atoms with Gasteiger partial charge in [0.1, 0.15) is 11.2 Å². The van der Waals surface area contributed by atoms with E-state index < -0.39 is 5.41 Å². The summed E-state index contributed by atoms with van der Waals surface area (Å²) < 4.78 is 6.44. The number of para-hydroxylation sites is 2. The van der Waals surface area contributed by atoms with Crippen LogP contribution in [0, 0.1) is 0 Å². The van der Waals surface area contributed by atoms with Crippen molar-refractivity contribution in [2.45, 2.75) is 5.41 Å². The second-order valence-electron chi connectivity index (χ2n) is 14.6. The van der Waals surface area contributed by atoms with Crippen LogP contribution in [0.25, 0.3) is 89.5 Å². The molecule has 10 aromatic rings. The highest BCUT2D eigenvalue weighted by Gasteiger charge is 2.52. The van der Waals surface area contributed by atoms with E-state index in [1.165, 1.54) is 50.1 Å². The molecular weight excluding hydrogens is 683 g/mol. The monoisotopic (exact) mass is 713 g/mol. The number of furan rings is 1. The van der Waals surface area contributed by atoms with Crippen molar-refractivity contribution in [1.82, 2.24) is 15.0 Å². The molecule has 0 aliphatic heterocycles. The van der Waals surface area contributed by atoms with Crippen LogP contribution in [0.3, 0.4) is 0 Å². The van der Waals surface area contributed by atoms with Gasteiger partial charge < -0.3 is 4.42 Å². The molecule has 0 atom stereocenters. The minimum atomic E-state index is -0.431. The van der Waals surface area contributed by atoms with Crippen molar-refractivity contribution in [1.29, 1.82) is 0 Å². The van der Waals surface area contributed by atoms with E-state index in [0.29, 0.717) is 17.5 Å². The van der Waals surface area contributed by atoms with E-state index in [1.807, 2.05) is 60.7 Å². The molecule has 2 aliphatic rings. The Hall–Kier alpha value is -7.43. The van der Waals surface area contributed by atoms with E-state index in [-0.39, 0.29) is 0 Å². The number of fused-ring (bicyclic) bond motifs is 13. The maximum atomic E-state index is 6.44. The summed E-state index contributed by atoms with van der Waals surface area (Å²) in [7, 11) is 0. The third kappa shape index (κ3) is 4.27. The molecule has 2 aromatic heterocycles. The molecule has 8 aromatic carbocycles. The lowest BCUT2D eigenvalue weighted by molar-refractivity contribution is 0.669. The van der Waals surface area contributed by atoms with Crippen molar-refractivity contribution in [3.8, 4) is 67.5 Å². The fraction of sp³-hybridized carbons (Fsp3) is 0.0192. The Kier molecular flexibility index (Phi) is 6.52. The van der Waals surface area contributed by atoms with Gasteiger partial charge in [0.25, 0.3) is 0 Å². The Morgan fingerprint density at radius 2 is 0.786 bits per heavy atom. The van der Waals surface area contributed by atoms with Crippen LogP contribution in [0.1, 0.15) is 22.3 Å². The van der Waals surface area contributed by atoms with Gasteiger partial charge in [0.2, 0.25) is 0 Å². The molecule has 2 aliphatic carbocycles. The SMILES string of the molecule is c1ccc(-c2nc(-c3ccc(-c4cccc5c4C4(c6ccccc6-c6ccccc64)c4ccccc4-5)cc3)nc(-c3cccc4c3oc3ccccc34)n2)cc1. The Morgan fingerprint density at radius 3 is 1.48 bits per heavy atom. The number of hydrogen-bond acceptors (Lipinski definition) is 4. The van der Waals surface area contributed by atoms with E-state index in [2.05, 4.69) is 127 Å². The van der Waals surface area contributed by atoms with E-state index in [0.717, 1.165) is 44.2 Å². The molecule has 0 radical (unpaired) electrons. The first-order valence-electron chi connectivity index (χ1n) is 19.0. The van der Waals surface area contributed by atoms with Crippen LogP contribution in [0.4, 0.5) is 0 Å². The van der Waals surface area contributed by atoms with Crippen molar-refractivity contribution in [3.05, 3.63) is 210 Å². The highest BCUT2D eigenvalue weighted by molar-refractivity contribution is 6.09. The fourth-order valence-corrected chi connectivity index (χ4v) is 9.46. The molecule has 0 saturated heterocycles. The fourth-order valence-electron chi connectivity index (χ4n) is 9.46. The zero-order valence-electron chi connectivity index (χ0n) is 30.1. The van der Waals surface area contributed by atoms with Crippen LogP contribution < -0.4 is 0 Å². The minimum Gasteiger partial charge on any atom is -0.455 e. The summed E-state index contributed by atoms with van der Waals surface area (Å²) in [6.07, 6.45) is 0. The van der Waals surface area contributed by atoms with Gasteiger partial charge in [-0.05, 0) is 67.8 Å². The van der Waals surface area contributed by atoms with Gasteiger partial charge in [0.05, 0.1) is 11.0 Å². The average Bonchev–Trinajstić information content (AvgIpc) is 3.91. The molecule has 1 spiro atoms. The van der Waals surface area contributed by atoms with Gasteiger partial charge in [-0.15, -0.1) is 0 Å². The topological polar surface area (TPSA) is 51.8 Å². The number of aromatic nitrogens is 3. The molecule has 260 valence electrons. The van der Waals surface area contributed by atoms with Gasteiger partial charge in [0, 0.05) is 21.9 Å². The summed E-state index contributed by atoms with van der Waals surface area (Å²) in [6.45, 7) is 0. The number of hydrogen-bond donors (Lipinski definition) is 0. The molecule has 0 fully saturated rings. The van der Waals surface area contributed by atoms with Gasteiger partial charge in [-0.2, -0.15) is 0 Å². The maximum Gasteiger partial charge on any atom is 0.167 e. The Bertz CT molecular complexity index is 3130. The Labute approximate surface area is 323 Å². The van der Waals surface area contributed by atoms with Gasteiger partial charge in [-0.25, -0.2) is 15.0 Å². The third-order valence-corrected chi connectivity index (χ3v) is 11.8. The van der Waals surface area contributed by atoms with Crippen LogP contribution in [-0.2, 0) is 5.41 Å². The standard InChI is InChI=1S/C52H31N3O/c1-2-14-33(15-3-1)49-53-50(55-51(54-49)42-23-13-22-41-39-19-7-11-27-46(39)56-48(41)42)34-30-28-32(29-31-34)35-20-12-21-40-38-18-6-10-26-45(38)52(47(35)40)43-24-8-4-16-36(43)37-17-5-9-25-44(37)52/h1-31H. The summed E-state index contributed by atoms with van der Waals surface area (Å²) >= 11 is 0. The normalized spacial score (nSPS) is 13.1. The summed E-state index contributed by atoms with van der Waals surface area (Å²) in [4.78, 5) is 15.2. The van der Waals surface area contributed by atoms with Crippen LogP contribution >= 0.6 is 0 Å². The van der Waals surface area contributed by atoms with Gasteiger partial charge in [-0.3, -0.25) is 0 Å². The Morgan fingerprint density at radius 1 is 0.321 bits per heavy atom. The van der Waals surface area contributed by atoms with Crippen molar-refractivity contribution in [3.63, 3.8) is 0 Å². The molecule has 2 heterocycles. The molecule has 12 rings (SSSR count).